The predicted octanol–water partition coefficient (Wildman–Crippen LogP) is 4.93. The van der Waals surface area contributed by atoms with Gasteiger partial charge in [-0.3, -0.25) is 0 Å². The van der Waals surface area contributed by atoms with Crippen molar-refractivity contribution in [2.75, 3.05) is 0 Å². The van der Waals surface area contributed by atoms with Gasteiger partial charge in [-0.05, 0) is 41.8 Å². The van der Waals surface area contributed by atoms with Crippen molar-refractivity contribution < 1.29 is 23.1 Å². The molecule has 3 rings (SSSR count). The molecule has 24 heavy (non-hydrogen) atoms. The molecule has 1 heterocycles. The van der Waals surface area contributed by atoms with Crippen molar-refractivity contribution in [2.24, 2.45) is 0 Å². The van der Waals surface area contributed by atoms with Crippen molar-refractivity contribution in [2.45, 2.75) is 13.1 Å². The van der Waals surface area contributed by atoms with Crippen molar-refractivity contribution in [3.8, 4) is 11.1 Å². The maximum atomic E-state index is 13.5. The molecule has 0 bridgehead atoms. The Balaban J connectivity index is 2.39. The van der Waals surface area contributed by atoms with Gasteiger partial charge in [0.1, 0.15) is 5.69 Å². The minimum atomic E-state index is -4.64. The molecule has 0 fully saturated rings. The summed E-state index contributed by atoms with van der Waals surface area (Å²) in [5, 5.41) is 9.34. The molecule has 0 amide bonds. The van der Waals surface area contributed by atoms with Crippen molar-refractivity contribution >= 4 is 16.9 Å². The van der Waals surface area contributed by atoms with Gasteiger partial charge >= 0.3 is 12.1 Å². The molecule has 0 radical (unpaired) electrons. The number of benzene rings is 2. The summed E-state index contributed by atoms with van der Waals surface area (Å²) in [7, 11) is 0. The summed E-state index contributed by atoms with van der Waals surface area (Å²) in [5.41, 5.74) is -0.210. The molecule has 3 nitrogen and oxygen atoms in total. The van der Waals surface area contributed by atoms with Crippen molar-refractivity contribution in [1.29, 1.82) is 0 Å². The zero-order valence-corrected chi connectivity index (χ0v) is 12.6. The molecule has 0 spiro atoms. The lowest BCUT2D eigenvalue weighted by Crippen LogP contribution is -2.10. The number of alkyl halides is 3. The summed E-state index contributed by atoms with van der Waals surface area (Å²) in [6.07, 6.45) is -4.64. The van der Waals surface area contributed by atoms with E-state index in [0.29, 0.717) is 16.7 Å². The van der Waals surface area contributed by atoms with Crippen LogP contribution in [-0.4, -0.2) is 16.1 Å². The lowest BCUT2D eigenvalue weighted by atomic mass is 9.97. The van der Waals surface area contributed by atoms with Crippen LogP contribution < -0.4 is 0 Å². The van der Waals surface area contributed by atoms with E-state index < -0.39 is 23.4 Å². The second-order valence-electron chi connectivity index (χ2n) is 5.41. The Hall–Kier alpha value is -2.89. The summed E-state index contributed by atoms with van der Waals surface area (Å²) in [4.78, 5) is 14.8. The molecule has 0 unspecified atom stereocenters. The van der Waals surface area contributed by atoms with Gasteiger partial charge in [0.05, 0.1) is 11.1 Å². The number of carboxylic acid groups (broad SMARTS) is 1. The minimum absolute atomic E-state index is 0.286. The summed E-state index contributed by atoms with van der Waals surface area (Å²) in [6.45, 7) is 1.57. The van der Waals surface area contributed by atoms with E-state index in [1.807, 2.05) is 0 Å². The van der Waals surface area contributed by atoms with Gasteiger partial charge in [-0.2, -0.15) is 13.2 Å². The summed E-state index contributed by atoms with van der Waals surface area (Å²) >= 11 is 0. The molecule has 1 aromatic heterocycles. The number of aryl methyl sites for hydroxylation is 1. The van der Waals surface area contributed by atoms with Gasteiger partial charge in [0.15, 0.2) is 0 Å². The van der Waals surface area contributed by atoms with Gasteiger partial charge < -0.3 is 5.11 Å². The highest BCUT2D eigenvalue weighted by atomic mass is 19.4. The Morgan fingerprint density at radius 2 is 1.71 bits per heavy atom. The summed E-state index contributed by atoms with van der Waals surface area (Å²) in [6, 6.07) is 12.6. The van der Waals surface area contributed by atoms with E-state index in [0.717, 1.165) is 6.07 Å². The van der Waals surface area contributed by atoms with Crippen molar-refractivity contribution in [3.05, 3.63) is 65.4 Å². The van der Waals surface area contributed by atoms with Crippen LogP contribution in [0.2, 0.25) is 0 Å². The second-order valence-corrected chi connectivity index (χ2v) is 5.41. The van der Waals surface area contributed by atoms with Crippen LogP contribution in [0.1, 0.15) is 21.6 Å². The Kier molecular flexibility index (Phi) is 3.75. The van der Waals surface area contributed by atoms with E-state index in [-0.39, 0.29) is 10.9 Å². The Labute approximate surface area is 135 Å². The summed E-state index contributed by atoms with van der Waals surface area (Å²) in [5.74, 6) is -1.36. The maximum absolute atomic E-state index is 13.5. The largest absolute Gasteiger partial charge is 0.477 e. The first kappa shape index (κ1) is 16.0. The Bertz CT molecular complexity index is 934. The number of carbonyl (C=O) groups is 1. The molecular weight excluding hydrogens is 319 g/mol. The topological polar surface area (TPSA) is 50.2 Å². The second kappa shape index (κ2) is 5.63. The average molecular weight is 331 g/mol. The number of nitrogens with zero attached hydrogens (tertiary/aromatic N) is 1. The molecule has 6 heteroatoms. The Morgan fingerprint density at radius 1 is 1.04 bits per heavy atom. The van der Waals surface area contributed by atoms with E-state index in [9.17, 15) is 18.0 Å². The number of hydrogen-bond acceptors (Lipinski definition) is 2. The van der Waals surface area contributed by atoms with E-state index in [1.54, 1.807) is 43.3 Å². The fourth-order valence-corrected chi connectivity index (χ4v) is 2.61. The van der Waals surface area contributed by atoms with Gasteiger partial charge in [0.25, 0.3) is 0 Å². The monoisotopic (exact) mass is 331 g/mol. The van der Waals surface area contributed by atoms with Crippen LogP contribution in [0.25, 0.3) is 22.0 Å². The molecule has 0 saturated heterocycles. The van der Waals surface area contributed by atoms with E-state index in [1.165, 1.54) is 6.07 Å². The molecule has 0 saturated carbocycles. The van der Waals surface area contributed by atoms with Crippen LogP contribution >= 0.6 is 0 Å². The molecule has 3 aromatic rings. The molecule has 0 aliphatic rings. The van der Waals surface area contributed by atoms with Gasteiger partial charge in [-0.25, -0.2) is 9.78 Å². The first-order chi connectivity index (χ1) is 11.3. The third kappa shape index (κ3) is 2.82. The molecule has 1 N–H and O–H groups in total. The SMILES string of the molecule is Cc1cc(C(=O)O)nc2c(C(F)(F)F)cc(-c3ccccc3)cc12. The molecule has 0 aliphatic carbocycles. The fourth-order valence-electron chi connectivity index (χ4n) is 2.61. The molecule has 2 aromatic carbocycles. The quantitative estimate of drug-likeness (QED) is 0.724. The van der Waals surface area contributed by atoms with Crippen LogP contribution in [-0.2, 0) is 6.18 Å². The lowest BCUT2D eigenvalue weighted by Gasteiger charge is -2.14. The highest BCUT2D eigenvalue weighted by molar-refractivity contribution is 5.95. The maximum Gasteiger partial charge on any atom is 0.418 e. The first-order valence-corrected chi connectivity index (χ1v) is 7.08. The average Bonchev–Trinajstić information content (AvgIpc) is 2.53. The molecule has 122 valence electrons. The predicted molar refractivity (Wildman–Crippen MR) is 83.9 cm³/mol. The minimum Gasteiger partial charge on any atom is -0.477 e. The zero-order chi connectivity index (χ0) is 17.5. The van der Waals surface area contributed by atoms with E-state index in [4.69, 9.17) is 5.11 Å². The van der Waals surface area contributed by atoms with Crippen LogP contribution in [0.4, 0.5) is 13.2 Å². The van der Waals surface area contributed by atoms with Crippen LogP contribution in [0, 0.1) is 6.92 Å². The van der Waals surface area contributed by atoms with Crippen LogP contribution in [0.15, 0.2) is 48.5 Å². The molecular formula is C18H12F3NO2. The number of aromatic nitrogens is 1. The van der Waals surface area contributed by atoms with Gasteiger partial charge in [-0.15, -0.1) is 0 Å². The van der Waals surface area contributed by atoms with Gasteiger partial charge in [0.2, 0.25) is 0 Å². The Morgan fingerprint density at radius 3 is 2.29 bits per heavy atom. The summed E-state index contributed by atoms with van der Waals surface area (Å²) < 4.78 is 40.5. The van der Waals surface area contributed by atoms with E-state index in [2.05, 4.69) is 4.98 Å². The zero-order valence-electron chi connectivity index (χ0n) is 12.6. The lowest BCUT2D eigenvalue weighted by molar-refractivity contribution is -0.136. The third-order valence-corrected chi connectivity index (χ3v) is 3.75. The molecule has 0 atom stereocenters. The van der Waals surface area contributed by atoms with Crippen LogP contribution in [0.5, 0.6) is 0 Å². The number of rotatable bonds is 2. The number of carboxylic acids is 1. The number of aromatic carboxylic acids is 1. The third-order valence-electron chi connectivity index (χ3n) is 3.75. The normalized spacial score (nSPS) is 11.7. The first-order valence-electron chi connectivity index (χ1n) is 7.08. The number of fused-ring (bicyclic) bond motifs is 1. The number of hydrogen-bond donors (Lipinski definition) is 1. The fraction of sp³-hybridized carbons (Fsp3) is 0.111. The highest BCUT2D eigenvalue weighted by Gasteiger charge is 2.34. The standard InChI is InChI=1S/C18H12F3NO2/c1-10-7-15(17(23)24)22-16-13(10)8-12(9-14(16)18(19,20)21)11-5-3-2-4-6-11/h2-9H,1H3,(H,23,24). The van der Waals surface area contributed by atoms with E-state index >= 15 is 0 Å². The number of halogens is 3. The smallest absolute Gasteiger partial charge is 0.418 e. The van der Waals surface area contributed by atoms with Crippen molar-refractivity contribution in [1.82, 2.24) is 4.98 Å². The highest BCUT2D eigenvalue weighted by Crippen LogP contribution is 2.38. The molecule has 0 aliphatic heterocycles. The van der Waals surface area contributed by atoms with Crippen LogP contribution in [0.3, 0.4) is 0 Å². The van der Waals surface area contributed by atoms with Crippen molar-refractivity contribution in [3.63, 3.8) is 0 Å². The number of pyridine rings is 1. The van der Waals surface area contributed by atoms with Gasteiger partial charge in [0, 0.05) is 5.39 Å². The van der Waals surface area contributed by atoms with Gasteiger partial charge in [-0.1, -0.05) is 30.3 Å².